The smallest absolute Gasteiger partial charge is 0.192 e. The third-order valence-electron chi connectivity index (χ3n) is 3.18. The van der Waals surface area contributed by atoms with Crippen molar-refractivity contribution in [2.24, 2.45) is 0 Å². The lowest BCUT2D eigenvalue weighted by Gasteiger charge is -2.08. The maximum atomic E-state index is 11.7. The molecular formula is C17H12O2S. The Labute approximate surface area is 121 Å². The number of ketones is 2. The van der Waals surface area contributed by atoms with Gasteiger partial charge in [-0.15, -0.1) is 11.8 Å². The van der Waals surface area contributed by atoms with Crippen LogP contribution in [0.5, 0.6) is 0 Å². The highest BCUT2D eigenvalue weighted by molar-refractivity contribution is 8.03. The molecule has 0 heterocycles. The van der Waals surface area contributed by atoms with Gasteiger partial charge in [-0.3, -0.25) is 9.59 Å². The van der Waals surface area contributed by atoms with E-state index in [1.165, 1.54) is 46.3 Å². The fourth-order valence-electron chi connectivity index (χ4n) is 2.18. The van der Waals surface area contributed by atoms with Gasteiger partial charge in [0.15, 0.2) is 11.6 Å². The highest BCUT2D eigenvalue weighted by Gasteiger charge is 2.14. The maximum absolute atomic E-state index is 11.7. The number of fused-ring (bicyclic) bond motifs is 1. The normalized spacial score (nSPS) is 14.7. The molecule has 98 valence electrons. The van der Waals surface area contributed by atoms with Crippen LogP contribution in [0.2, 0.25) is 0 Å². The number of thioether (sulfide) groups is 1. The van der Waals surface area contributed by atoms with Gasteiger partial charge in [0, 0.05) is 11.8 Å². The van der Waals surface area contributed by atoms with Crippen molar-refractivity contribution in [3.8, 4) is 0 Å². The Morgan fingerprint density at radius 3 is 2.60 bits per heavy atom. The molecule has 0 saturated carbocycles. The number of carbonyl (C=O) groups excluding carboxylic acids is 2. The average Bonchev–Trinajstić information content (AvgIpc) is 2.48. The van der Waals surface area contributed by atoms with E-state index < -0.39 is 0 Å². The highest BCUT2D eigenvalue weighted by Crippen LogP contribution is 2.28. The van der Waals surface area contributed by atoms with E-state index in [1.54, 1.807) is 0 Å². The molecule has 0 spiro atoms. The lowest BCUT2D eigenvalue weighted by atomic mass is 10.1. The van der Waals surface area contributed by atoms with E-state index in [0.29, 0.717) is 10.7 Å². The molecule has 0 N–H and O–H groups in total. The molecular weight excluding hydrogens is 268 g/mol. The van der Waals surface area contributed by atoms with E-state index >= 15 is 0 Å². The van der Waals surface area contributed by atoms with Gasteiger partial charge in [0.2, 0.25) is 0 Å². The Bertz CT molecular complexity index is 751. The molecule has 0 atom stereocenters. The van der Waals surface area contributed by atoms with Crippen LogP contribution in [0.4, 0.5) is 0 Å². The third-order valence-corrected chi connectivity index (χ3v) is 4.26. The lowest BCUT2D eigenvalue weighted by Crippen LogP contribution is -2.05. The first kappa shape index (κ1) is 12.9. The predicted octanol–water partition coefficient (Wildman–Crippen LogP) is 3.66. The molecule has 0 aromatic heterocycles. The van der Waals surface area contributed by atoms with Crippen LogP contribution < -0.4 is 0 Å². The zero-order chi connectivity index (χ0) is 13.9. The van der Waals surface area contributed by atoms with Crippen molar-refractivity contribution in [1.82, 2.24) is 0 Å². The number of hydrogen-bond acceptors (Lipinski definition) is 3. The van der Waals surface area contributed by atoms with Gasteiger partial charge < -0.3 is 0 Å². The molecule has 3 heteroatoms. The highest BCUT2D eigenvalue weighted by atomic mass is 32.2. The number of allylic oxidation sites excluding steroid dienone is 4. The largest absolute Gasteiger partial charge is 0.290 e. The maximum Gasteiger partial charge on any atom is 0.192 e. The van der Waals surface area contributed by atoms with E-state index in [9.17, 15) is 9.59 Å². The summed E-state index contributed by atoms with van der Waals surface area (Å²) in [4.78, 5) is 23.5. The Morgan fingerprint density at radius 2 is 1.70 bits per heavy atom. The van der Waals surface area contributed by atoms with Crippen molar-refractivity contribution in [2.45, 2.75) is 5.75 Å². The van der Waals surface area contributed by atoms with E-state index in [1.807, 2.05) is 18.2 Å². The minimum absolute atomic E-state index is 0.0881. The van der Waals surface area contributed by atoms with E-state index in [0.717, 1.165) is 0 Å². The number of rotatable bonds is 3. The third kappa shape index (κ3) is 2.58. The Morgan fingerprint density at radius 1 is 0.900 bits per heavy atom. The van der Waals surface area contributed by atoms with Crippen molar-refractivity contribution in [2.75, 3.05) is 0 Å². The second-order valence-electron chi connectivity index (χ2n) is 4.54. The van der Waals surface area contributed by atoms with Gasteiger partial charge in [-0.1, -0.05) is 42.5 Å². The fourth-order valence-corrected chi connectivity index (χ4v) is 3.15. The Kier molecular flexibility index (Phi) is 3.52. The molecule has 0 unspecified atom stereocenters. The van der Waals surface area contributed by atoms with Gasteiger partial charge in [-0.2, -0.15) is 0 Å². The molecule has 1 aliphatic carbocycles. The van der Waals surface area contributed by atoms with Crippen LogP contribution in [-0.2, 0) is 15.3 Å². The van der Waals surface area contributed by atoms with Gasteiger partial charge in [0.1, 0.15) is 0 Å². The van der Waals surface area contributed by atoms with E-state index in [4.69, 9.17) is 0 Å². The molecule has 0 amide bonds. The van der Waals surface area contributed by atoms with Gasteiger partial charge in [0.05, 0.1) is 4.91 Å². The Hall–Kier alpha value is -2.13. The zero-order valence-electron chi connectivity index (χ0n) is 10.7. The van der Waals surface area contributed by atoms with Crippen LogP contribution in [0.15, 0.2) is 65.6 Å². The van der Waals surface area contributed by atoms with Crippen LogP contribution in [0.25, 0.3) is 10.8 Å². The van der Waals surface area contributed by atoms with Gasteiger partial charge in [0.25, 0.3) is 0 Å². The van der Waals surface area contributed by atoms with Gasteiger partial charge in [-0.25, -0.2) is 0 Å². The fraction of sp³-hybridized carbons (Fsp3) is 0.0588. The molecule has 2 nitrogen and oxygen atoms in total. The summed E-state index contributed by atoms with van der Waals surface area (Å²) in [5.74, 6) is 0.472. The second kappa shape index (κ2) is 5.47. The van der Waals surface area contributed by atoms with Crippen LogP contribution in [-0.4, -0.2) is 11.6 Å². The summed E-state index contributed by atoms with van der Waals surface area (Å²) in [6.07, 6.45) is 4.07. The monoisotopic (exact) mass is 280 g/mol. The zero-order valence-corrected chi connectivity index (χ0v) is 11.5. The molecule has 0 aliphatic heterocycles. The predicted molar refractivity (Wildman–Crippen MR) is 82.5 cm³/mol. The first-order valence-electron chi connectivity index (χ1n) is 6.31. The molecule has 2 aromatic rings. The summed E-state index contributed by atoms with van der Waals surface area (Å²) in [5.41, 5.74) is 1.17. The minimum Gasteiger partial charge on any atom is -0.290 e. The molecule has 0 fully saturated rings. The standard InChI is InChI=1S/C17H12O2S/c18-14-8-9-16(19)17(10-14)20-11-13-6-3-5-12-4-1-2-7-15(12)13/h1-10H,11H2. The van der Waals surface area contributed by atoms with Crippen molar-refractivity contribution in [3.05, 3.63) is 71.2 Å². The molecule has 1 aliphatic rings. The van der Waals surface area contributed by atoms with Crippen molar-refractivity contribution in [3.63, 3.8) is 0 Å². The summed E-state index contributed by atoms with van der Waals surface area (Å²) in [6.45, 7) is 0. The SMILES string of the molecule is O=C1C=CC(=O)C(SCc2cccc3ccccc23)=C1. The first-order valence-corrected chi connectivity index (χ1v) is 7.30. The van der Waals surface area contributed by atoms with Gasteiger partial charge >= 0.3 is 0 Å². The van der Waals surface area contributed by atoms with Crippen LogP contribution in [0.1, 0.15) is 5.56 Å². The van der Waals surface area contributed by atoms with E-state index in [2.05, 4.69) is 24.3 Å². The topological polar surface area (TPSA) is 34.1 Å². The Balaban J connectivity index is 1.84. The first-order chi connectivity index (χ1) is 9.74. The number of carbonyl (C=O) groups is 2. The molecule has 0 bridgehead atoms. The number of hydrogen-bond donors (Lipinski definition) is 0. The van der Waals surface area contributed by atoms with Crippen LogP contribution >= 0.6 is 11.8 Å². The molecule has 2 aromatic carbocycles. The summed E-state index contributed by atoms with van der Waals surface area (Å²) < 4.78 is 0. The van der Waals surface area contributed by atoms with Gasteiger partial charge in [-0.05, 0) is 28.5 Å². The molecule has 20 heavy (non-hydrogen) atoms. The minimum atomic E-state index is -0.120. The summed E-state index contributed by atoms with van der Waals surface area (Å²) in [7, 11) is 0. The number of benzene rings is 2. The summed E-state index contributed by atoms with van der Waals surface area (Å²) in [6, 6.07) is 14.3. The molecule has 0 saturated heterocycles. The quantitative estimate of drug-likeness (QED) is 0.805. The average molecular weight is 280 g/mol. The summed E-state index contributed by atoms with van der Waals surface area (Å²) in [5, 5.41) is 2.37. The van der Waals surface area contributed by atoms with Crippen molar-refractivity contribution < 1.29 is 9.59 Å². The summed E-state index contributed by atoms with van der Waals surface area (Å²) >= 11 is 1.42. The van der Waals surface area contributed by atoms with Crippen LogP contribution in [0.3, 0.4) is 0 Å². The molecule has 0 radical (unpaired) electrons. The van der Waals surface area contributed by atoms with Crippen LogP contribution in [0, 0.1) is 0 Å². The lowest BCUT2D eigenvalue weighted by molar-refractivity contribution is -0.114. The molecule has 3 rings (SSSR count). The van der Waals surface area contributed by atoms with Crippen molar-refractivity contribution >= 4 is 34.1 Å². The van der Waals surface area contributed by atoms with E-state index in [-0.39, 0.29) is 11.6 Å². The van der Waals surface area contributed by atoms with Crippen molar-refractivity contribution in [1.29, 1.82) is 0 Å². The second-order valence-corrected chi connectivity index (χ2v) is 5.55.